The van der Waals surface area contributed by atoms with Crippen LogP contribution in [-0.4, -0.2) is 9.78 Å². The maximum atomic E-state index is 6.15. The molecule has 19 heavy (non-hydrogen) atoms. The summed E-state index contributed by atoms with van der Waals surface area (Å²) in [6.07, 6.45) is 1.06. The molecule has 0 aliphatic heterocycles. The van der Waals surface area contributed by atoms with Crippen LogP contribution in [0.15, 0.2) is 28.1 Å². The summed E-state index contributed by atoms with van der Waals surface area (Å²) in [6.45, 7) is 9.29. The predicted molar refractivity (Wildman–Crippen MR) is 81.7 cm³/mol. The van der Waals surface area contributed by atoms with Gasteiger partial charge in [0.1, 0.15) is 5.03 Å². The van der Waals surface area contributed by atoms with Crippen molar-refractivity contribution in [2.75, 3.05) is 5.73 Å². The van der Waals surface area contributed by atoms with Crippen molar-refractivity contribution in [3.8, 4) is 0 Å². The first-order valence-corrected chi connectivity index (χ1v) is 7.42. The third-order valence-electron chi connectivity index (χ3n) is 3.25. The van der Waals surface area contributed by atoms with Gasteiger partial charge in [-0.05, 0) is 50.5 Å². The molecule has 2 N–H and O–H groups in total. The van der Waals surface area contributed by atoms with Crippen LogP contribution in [0, 0.1) is 20.8 Å². The lowest BCUT2D eigenvalue weighted by molar-refractivity contribution is 0.556. The highest BCUT2D eigenvalue weighted by Crippen LogP contribution is 2.34. The van der Waals surface area contributed by atoms with E-state index in [9.17, 15) is 0 Å². The zero-order valence-corrected chi connectivity index (χ0v) is 12.8. The van der Waals surface area contributed by atoms with Crippen LogP contribution in [0.1, 0.15) is 30.2 Å². The third kappa shape index (κ3) is 2.95. The minimum absolute atomic E-state index is 0.802. The number of rotatable bonds is 4. The molecule has 0 radical (unpaired) electrons. The molecule has 0 fully saturated rings. The Labute approximate surface area is 119 Å². The van der Waals surface area contributed by atoms with Crippen LogP contribution < -0.4 is 5.73 Å². The van der Waals surface area contributed by atoms with E-state index in [1.807, 2.05) is 11.6 Å². The predicted octanol–water partition coefficient (Wildman–Crippen LogP) is 3.95. The van der Waals surface area contributed by atoms with Crippen molar-refractivity contribution in [3.05, 3.63) is 35.0 Å². The van der Waals surface area contributed by atoms with E-state index in [0.29, 0.717) is 0 Å². The first-order valence-electron chi connectivity index (χ1n) is 6.61. The zero-order chi connectivity index (χ0) is 14.0. The van der Waals surface area contributed by atoms with Crippen LogP contribution in [0.5, 0.6) is 0 Å². The fourth-order valence-electron chi connectivity index (χ4n) is 1.93. The molecule has 0 bridgehead atoms. The van der Waals surface area contributed by atoms with Crippen LogP contribution in [0.4, 0.5) is 5.69 Å². The molecule has 0 amide bonds. The van der Waals surface area contributed by atoms with Gasteiger partial charge in [-0.2, -0.15) is 5.10 Å². The highest BCUT2D eigenvalue weighted by molar-refractivity contribution is 7.99. The van der Waals surface area contributed by atoms with Crippen LogP contribution in [0.25, 0.3) is 0 Å². The quantitative estimate of drug-likeness (QED) is 0.918. The molecule has 1 aromatic carbocycles. The summed E-state index contributed by atoms with van der Waals surface area (Å²) in [4.78, 5) is 1.21. The van der Waals surface area contributed by atoms with Gasteiger partial charge in [-0.25, -0.2) is 0 Å². The third-order valence-corrected chi connectivity index (χ3v) is 4.37. The molecule has 4 heteroatoms. The lowest BCUT2D eigenvalue weighted by Crippen LogP contribution is -2.01. The number of hydrogen-bond donors (Lipinski definition) is 1. The van der Waals surface area contributed by atoms with Gasteiger partial charge in [0, 0.05) is 11.4 Å². The molecule has 0 saturated heterocycles. The smallest absolute Gasteiger partial charge is 0.122 e. The molecule has 1 heterocycles. The average molecular weight is 275 g/mol. The Morgan fingerprint density at radius 1 is 1.21 bits per heavy atom. The lowest BCUT2D eigenvalue weighted by atomic mass is 10.1. The van der Waals surface area contributed by atoms with E-state index in [1.54, 1.807) is 11.8 Å². The number of nitrogens with zero attached hydrogens (tertiary/aromatic N) is 2. The van der Waals surface area contributed by atoms with Crippen molar-refractivity contribution in [2.24, 2.45) is 0 Å². The van der Waals surface area contributed by atoms with Crippen molar-refractivity contribution in [2.45, 2.75) is 50.6 Å². The Balaban J connectivity index is 2.34. The number of aromatic nitrogens is 2. The van der Waals surface area contributed by atoms with E-state index in [-0.39, 0.29) is 0 Å². The van der Waals surface area contributed by atoms with Crippen molar-refractivity contribution in [1.29, 1.82) is 0 Å². The Bertz CT molecular complexity index is 587. The largest absolute Gasteiger partial charge is 0.395 e. The first kappa shape index (κ1) is 14.0. The number of hydrogen-bond acceptors (Lipinski definition) is 3. The monoisotopic (exact) mass is 275 g/mol. The molecule has 102 valence electrons. The van der Waals surface area contributed by atoms with Gasteiger partial charge in [-0.3, -0.25) is 4.68 Å². The summed E-state index contributed by atoms with van der Waals surface area (Å²) in [6, 6.07) is 6.50. The number of benzene rings is 1. The van der Waals surface area contributed by atoms with E-state index < -0.39 is 0 Å². The fraction of sp³-hybridized carbons (Fsp3) is 0.400. The molecule has 1 aromatic heterocycles. The van der Waals surface area contributed by atoms with E-state index in [0.717, 1.165) is 29.4 Å². The highest BCUT2D eigenvalue weighted by atomic mass is 32.2. The minimum Gasteiger partial charge on any atom is -0.395 e. The molecular formula is C15H21N3S. The van der Waals surface area contributed by atoms with E-state index in [2.05, 4.69) is 44.1 Å². The minimum atomic E-state index is 0.802. The molecule has 3 nitrogen and oxygen atoms in total. The Hall–Kier alpha value is -1.42. The summed E-state index contributed by atoms with van der Waals surface area (Å²) in [7, 11) is 0. The second-order valence-electron chi connectivity index (χ2n) is 4.88. The zero-order valence-electron chi connectivity index (χ0n) is 12.0. The van der Waals surface area contributed by atoms with Crippen molar-refractivity contribution >= 4 is 17.4 Å². The van der Waals surface area contributed by atoms with Gasteiger partial charge in [0.2, 0.25) is 0 Å². The summed E-state index contributed by atoms with van der Waals surface area (Å²) in [5.41, 5.74) is 10.5. The second kappa shape index (κ2) is 5.70. The highest BCUT2D eigenvalue weighted by Gasteiger charge is 2.13. The number of nitrogens with two attached hydrogens (primary N) is 1. The molecule has 0 aliphatic carbocycles. The van der Waals surface area contributed by atoms with Gasteiger partial charge < -0.3 is 5.73 Å². The maximum Gasteiger partial charge on any atom is 0.122 e. The Kier molecular flexibility index (Phi) is 4.20. The van der Waals surface area contributed by atoms with Crippen molar-refractivity contribution in [3.63, 3.8) is 0 Å². The summed E-state index contributed by atoms with van der Waals surface area (Å²) in [5.74, 6) is 0. The first-order chi connectivity index (χ1) is 9.02. The number of nitrogen functional groups attached to an aromatic ring is 1. The summed E-state index contributed by atoms with van der Waals surface area (Å²) in [5, 5.41) is 5.56. The average Bonchev–Trinajstić information content (AvgIpc) is 2.62. The number of aryl methyl sites for hydroxylation is 4. The van der Waals surface area contributed by atoms with Gasteiger partial charge in [-0.1, -0.05) is 24.8 Å². The fourth-order valence-corrected chi connectivity index (χ4v) is 3.02. The van der Waals surface area contributed by atoms with E-state index in [1.165, 1.54) is 16.0 Å². The Morgan fingerprint density at radius 2 is 1.95 bits per heavy atom. The molecule has 0 spiro atoms. The molecule has 0 saturated carbocycles. The van der Waals surface area contributed by atoms with Gasteiger partial charge in [0.05, 0.1) is 11.4 Å². The molecule has 0 aliphatic rings. The van der Waals surface area contributed by atoms with E-state index >= 15 is 0 Å². The van der Waals surface area contributed by atoms with Crippen LogP contribution in [-0.2, 0) is 6.54 Å². The number of anilines is 1. The van der Waals surface area contributed by atoms with Gasteiger partial charge in [-0.15, -0.1) is 0 Å². The van der Waals surface area contributed by atoms with Crippen molar-refractivity contribution in [1.82, 2.24) is 9.78 Å². The van der Waals surface area contributed by atoms with Gasteiger partial charge >= 0.3 is 0 Å². The topological polar surface area (TPSA) is 43.8 Å². The SMILES string of the molecule is CCCn1nc(C)c(N)c1Sc1ccc(C)c(C)c1. The van der Waals surface area contributed by atoms with Crippen LogP contribution in [0.2, 0.25) is 0 Å². The standard InChI is InChI=1S/C15H21N3S/c1-5-8-18-15(14(16)12(4)17-18)19-13-7-6-10(2)11(3)9-13/h6-7,9H,5,8,16H2,1-4H3. The van der Waals surface area contributed by atoms with Crippen LogP contribution >= 0.6 is 11.8 Å². The van der Waals surface area contributed by atoms with E-state index in [4.69, 9.17) is 5.73 Å². The second-order valence-corrected chi connectivity index (χ2v) is 5.94. The summed E-state index contributed by atoms with van der Waals surface area (Å²) < 4.78 is 2.02. The van der Waals surface area contributed by atoms with Crippen LogP contribution in [0.3, 0.4) is 0 Å². The van der Waals surface area contributed by atoms with Crippen molar-refractivity contribution < 1.29 is 0 Å². The van der Waals surface area contributed by atoms with Gasteiger partial charge in [0.15, 0.2) is 0 Å². The normalized spacial score (nSPS) is 10.9. The molecular weight excluding hydrogens is 254 g/mol. The van der Waals surface area contributed by atoms with Gasteiger partial charge in [0.25, 0.3) is 0 Å². The summed E-state index contributed by atoms with van der Waals surface area (Å²) >= 11 is 1.70. The maximum absolute atomic E-state index is 6.15. The Morgan fingerprint density at radius 3 is 2.58 bits per heavy atom. The molecule has 2 aromatic rings. The lowest BCUT2D eigenvalue weighted by Gasteiger charge is -2.08. The molecule has 0 atom stereocenters. The molecule has 0 unspecified atom stereocenters. The molecule has 2 rings (SSSR count).